The first-order chi connectivity index (χ1) is 15.1. The standard InChI is InChI=1S/C21H19ClF3N5O2/c1-12-3-8-17(13(2)9-12)26-11-18(31)28-29-20(32)16-10-27-30(19(16)21(23,24)25)15-6-4-14(22)5-7-15/h3-10,26H,11H2,1-2H3,(H,28,31)(H,29,32). The van der Waals surface area contributed by atoms with Crippen LogP contribution in [0.5, 0.6) is 0 Å². The van der Waals surface area contributed by atoms with Crippen molar-refractivity contribution in [3.63, 3.8) is 0 Å². The van der Waals surface area contributed by atoms with Crippen molar-refractivity contribution in [2.45, 2.75) is 20.0 Å². The predicted molar refractivity (Wildman–Crippen MR) is 114 cm³/mol. The average molecular weight is 466 g/mol. The fourth-order valence-electron chi connectivity index (χ4n) is 2.99. The van der Waals surface area contributed by atoms with Gasteiger partial charge in [0.2, 0.25) is 0 Å². The number of hydrogen-bond donors (Lipinski definition) is 3. The first kappa shape index (κ1) is 23.1. The molecule has 32 heavy (non-hydrogen) atoms. The number of nitrogens with one attached hydrogen (secondary N) is 3. The lowest BCUT2D eigenvalue weighted by molar-refractivity contribution is -0.143. The predicted octanol–water partition coefficient (Wildman–Crippen LogP) is 4.03. The van der Waals surface area contributed by atoms with Gasteiger partial charge in [-0.3, -0.25) is 20.4 Å². The van der Waals surface area contributed by atoms with Crippen molar-refractivity contribution >= 4 is 29.1 Å². The van der Waals surface area contributed by atoms with Crippen LogP contribution < -0.4 is 16.2 Å². The number of aromatic nitrogens is 2. The quantitative estimate of drug-likeness (QED) is 0.496. The van der Waals surface area contributed by atoms with Gasteiger partial charge in [-0.25, -0.2) is 4.68 Å². The van der Waals surface area contributed by atoms with Crippen molar-refractivity contribution < 1.29 is 22.8 Å². The lowest BCUT2D eigenvalue weighted by Gasteiger charge is -2.14. The zero-order chi connectivity index (χ0) is 23.5. The van der Waals surface area contributed by atoms with E-state index in [0.29, 0.717) is 9.70 Å². The summed E-state index contributed by atoms with van der Waals surface area (Å²) in [6.07, 6.45) is -4.09. The summed E-state index contributed by atoms with van der Waals surface area (Å²) in [6, 6.07) is 11.1. The molecule has 0 fully saturated rings. The maximum absolute atomic E-state index is 13.7. The second kappa shape index (κ2) is 9.31. The van der Waals surface area contributed by atoms with Crippen LogP contribution in [0.4, 0.5) is 18.9 Å². The van der Waals surface area contributed by atoms with E-state index in [1.807, 2.05) is 31.4 Å². The van der Waals surface area contributed by atoms with Crippen molar-refractivity contribution in [2.75, 3.05) is 11.9 Å². The van der Waals surface area contributed by atoms with Gasteiger partial charge >= 0.3 is 6.18 Å². The third kappa shape index (κ3) is 5.38. The molecular weight excluding hydrogens is 447 g/mol. The molecule has 3 rings (SSSR count). The van der Waals surface area contributed by atoms with E-state index in [1.165, 1.54) is 24.3 Å². The Morgan fingerprint density at radius 1 is 1.06 bits per heavy atom. The summed E-state index contributed by atoms with van der Waals surface area (Å²) in [4.78, 5) is 24.4. The molecule has 0 aliphatic heterocycles. The van der Waals surface area contributed by atoms with E-state index in [-0.39, 0.29) is 12.2 Å². The van der Waals surface area contributed by atoms with Crippen LogP contribution in [0.25, 0.3) is 5.69 Å². The van der Waals surface area contributed by atoms with Gasteiger partial charge in [0.15, 0.2) is 5.69 Å². The van der Waals surface area contributed by atoms with Gasteiger partial charge in [0.1, 0.15) is 0 Å². The highest BCUT2D eigenvalue weighted by atomic mass is 35.5. The summed E-state index contributed by atoms with van der Waals surface area (Å²) in [7, 11) is 0. The zero-order valence-electron chi connectivity index (χ0n) is 17.0. The molecule has 0 saturated heterocycles. The monoisotopic (exact) mass is 465 g/mol. The molecule has 11 heteroatoms. The third-order valence-electron chi connectivity index (χ3n) is 4.49. The van der Waals surface area contributed by atoms with E-state index in [9.17, 15) is 22.8 Å². The Bertz CT molecular complexity index is 1140. The maximum Gasteiger partial charge on any atom is 0.434 e. The van der Waals surface area contributed by atoms with Crippen LogP contribution in [0, 0.1) is 13.8 Å². The van der Waals surface area contributed by atoms with Gasteiger partial charge in [0.05, 0.1) is 24.0 Å². The Labute approximate surface area is 186 Å². The van der Waals surface area contributed by atoms with Crippen LogP contribution in [-0.2, 0) is 11.0 Å². The number of carbonyl (C=O) groups is 2. The van der Waals surface area contributed by atoms with Crippen LogP contribution >= 0.6 is 11.6 Å². The van der Waals surface area contributed by atoms with Crippen LogP contribution in [-0.4, -0.2) is 28.1 Å². The number of halogens is 4. The highest BCUT2D eigenvalue weighted by molar-refractivity contribution is 6.30. The fraction of sp³-hybridized carbons (Fsp3) is 0.190. The number of amides is 2. The van der Waals surface area contributed by atoms with Gasteiger partial charge in [-0.1, -0.05) is 29.3 Å². The summed E-state index contributed by atoms with van der Waals surface area (Å²) >= 11 is 5.77. The van der Waals surface area contributed by atoms with Gasteiger partial charge < -0.3 is 5.32 Å². The maximum atomic E-state index is 13.7. The van der Waals surface area contributed by atoms with E-state index < -0.39 is 29.2 Å². The second-order valence-corrected chi connectivity index (χ2v) is 7.40. The zero-order valence-corrected chi connectivity index (χ0v) is 17.8. The minimum atomic E-state index is -4.88. The molecule has 3 N–H and O–H groups in total. The Morgan fingerprint density at radius 3 is 2.38 bits per heavy atom. The summed E-state index contributed by atoms with van der Waals surface area (Å²) in [5.74, 6) is -1.80. The van der Waals surface area contributed by atoms with E-state index >= 15 is 0 Å². The number of nitrogens with zero attached hydrogens (tertiary/aromatic N) is 2. The van der Waals surface area contributed by atoms with Crippen LogP contribution in [0.2, 0.25) is 5.02 Å². The molecule has 2 amide bonds. The summed E-state index contributed by atoms with van der Waals surface area (Å²) < 4.78 is 41.6. The minimum Gasteiger partial charge on any atom is -0.376 e. The molecule has 0 aliphatic carbocycles. The van der Waals surface area contributed by atoms with Gasteiger partial charge in [-0.2, -0.15) is 18.3 Å². The average Bonchev–Trinajstić information content (AvgIpc) is 3.18. The van der Waals surface area contributed by atoms with Crippen molar-refractivity contribution in [1.29, 1.82) is 0 Å². The lowest BCUT2D eigenvalue weighted by Crippen LogP contribution is -2.44. The first-order valence-corrected chi connectivity index (χ1v) is 9.75. The van der Waals surface area contributed by atoms with Crippen LogP contribution in [0.15, 0.2) is 48.7 Å². The van der Waals surface area contributed by atoms with E-state index in [1.54, 1.807) is 6.07 Å². The molecule has 0 spiro atoms. The Hall–Kier alpha value is -3.53. The number of aryl methyl sites for hydroxylation is 2. The summed E-state index contributed by atoms with van der Waals surface area (Å²) in [5.41, 5.74) is 4.84. The smallest absolute Gasteiger partial charge is 0.376 e. The highest BCUT2D eigenvalue weighted by Crippen LogP contribution is 2.33. The number of hydrazine groups is 1. The van der Waals surface area contributed by atoms with Crippen molar-refractivity contribution in [3.05, 3.63) is 76.1 Å². The largest absolute Gasteiger partial charge is 0.434 e. The number of benzene rings is 2. The Kier molecular flexibility index (Phi) is 6.73. The Balaban J connectivity index is 1.69. The van der Waals surface area contributed by atoms with Gasteiger partial charge in [-0.05, 0) is 49.7 Å². The first-order valence-electron chi connectivity index (χ1n) is 9.37. The van der Waals surface area contributed by atoms with Crippen molar-refractivity contribution in [3.8, 4) is 5.69 Å². The van der Waals surface area contributed by atoms with E-state index in [2.05, 4.69) is 15.8 Å². The molecule has 0 bridgehead atoms. The molecule has 1 aromatic heterocycles. The topological polar surface area (TPSA) is 88.1 Å². The Morgan fingerprint density at radius 2 is 1.75 bits per heavy atom. The second-order valence-electron chi connectivity index (χ2n) is 6.97. The molecule has 0 saturated carbocycles. The molecule has 168 valence electrons. The van der Waals surface area contributed by atoms with Crippen molar-refractivity contribution in [1.82, 2.24) is 20.6 Å². The third-order valence-corrected chi connectivity index (χ3v) is 4.74. The van der Waals surface area contributed by atoms with Gasteiger partial charge in [-0.15, -0.1) is 0 Å². The highest BCUT2D eigenvalue weighted by Gasteiger charge is 2.40. The molecule has 7 nitrogen and oxygen atoms in total. The molecule has 0 aliphatic rings. The van der Waals surface area contributed by atoms with E-state index in [4.69, 9.17) is 11.6 Å². The molecule has 3 aromatic rings. The number of alkyl halides is 3. The molecule has 0 radical (unpaired) electrons. The molecule has 0 atom stereocenters. The number of anilines is 1. The van der Waals surface area contributed by atoms with Crippen molar-refractivity contribution in [2.24, 2.45) is 0 Å². The number of hydrogen-bond acceptors (Lipinski definition) is 4. The minimum absolute atomic E-state index is 0.0717. The molecular formula is C21H19ClF3N5O2. The molecule has 2 aromatic carbocycles. The molecule has 1 heterocycles. The fourth-order valence-corrected chi connectivity index (χ4v) is 3.12. The van der Waals surface area contributed by atoms with Crippen LogP contribution in [0.3, 0.4) is 0 Å². The number of carbonyl (C=O) groups excluding carboxylic acids is 2. The normalized spacial score (nSPS) is 11.2. The summed E-state index contributed by atoms with van der Waals surface area (Å²) in [6.45, 7) is 3.61. The number of rotatable bonds is 5. The molecule has 0 unspecified atom stereocenters. The van der Waals surface area contributed by atoms with Gasteiger partial charge in [0, 0.05) is 10.7 Å². The SMILES string of the molecule is Cc1ccc(NCC(=O)NNC(=O)c2cnn(-c3ccc(Cl)cc3)c2C(F)(F)F)c(C)c1. The lowest BCUT2D eigenvalue weighted by atomic mass is 10.1. The summed E-state index contributed by atoms with van der Waals surface area (Å²) in [5, 5.41) is 6.93. The van der Waals surface area contributed by atoms with Gasteiger partial charge in [0.25, 0.3) is 11.8 Å². The van der Waals surface area contributed by atoms with E-state index in [0.717, 1.165) is 23.0 Å². The van der Waals surface area contributed by atoms with Crippen LogP contribution in [0.1, 0.15) is 27.2 Å².